The molecule has 0 saturated carbocycles. The number of nitrogens with zero attached hydrogens (tertiary/aromatic N) is 1. The summed E-state index contributed by atoms with van der Waals surface area (Å²) in [5, 5.41) is 2.85. The van der Waals surface area contributed by atoms with E-state index in [1.165, 1.54) is 5.56 Å². The van der Waals surface area contributed by atoms with E-state index >= 15 is 0 Å². The maximum Gasteiger partial charge on any atom is 0.258 e. The summed E-state index contributed by atoms with van der Waals surface area (Å²) in [5.74, 6) is -0.178. The van der Waals surface area contributed by atoms with Crippen LogP contribution in [-0.4, -0.2) is 18.4 Å². The van der Waals surface area contributed by atoms with Crippen LogP contribution < -0.4 is 10.2 Å². The average molecular weight is 356 g/mol. The van der Waals surface area contributed by atoms with Gasteiger partial charge in [-0.25, -0.2) is 0 Å². The van der Waals surface area contributed by atoms with Gasteiger partial charge >= 0.3 is 0 Å². The number of fused-ring (bicyclic) bond motifs is 1. The Labute approximate surface area is 158 Å². The second kappa shape index (κ2) is 7.08. The molecule has 0 radical (unpaired) electrons. The maximum absolute atomic E-state index is 13.0. The van der Waals surface area contributed by atoms with Crippen molar-refractivity contribution in [1.82, 2.24) is 0 Å². The standard InChI is InChI=1S/C23H20N2O2/c1-16-6-5-9-17-14-15-25(21(16)17)23(27)19-10-12-20(13-11-19)24-22(26)18-7-3-2-4-8-18/h2-13H,14-15H2,1H3,(H,24,26). The van der Waals surface area contributed by atoms with Gasteiger partial charge in [-0.1, -0.05) is 36.4 Å². The monoisotopic (exact) mass is 356 g/mol. The second-order valence-electron chi connectivity index (χ2n) is 6.69. The molecule has 0 unspecified atom stereocenters. The largest absolute Gasteiger partial charge is 0.322 e. The van der Waals surface area contributed by atoms with Gasteiger partial charge in [0.05, 0.1) is 5.69 Å². The van der Waals surface area contributed by atoms with E-state index in [4.69, 9.17) is 0 Å². The summed E-state index contributed by atoms with van der Waals surface area (Å²) in [6, 6.07) is 22.3. The Morgan fingerprint density at radius 2 is 1.59 bits per heavy atom. The Morgan fingerprint density at radius 1 is 0.852 bits per heavy atom. The molecule has 3 aromatic rings. The molecule has 0 fully saturated rings. The molecule has 0 aliphatic carbocycles. The highest BCUT2D eigenvalue weighted by atomic mass is 16.2. The Bertz CT molecular complexity index is 995. The number of carbonyl (C=O) groups is 2. The van der Waals surface area contributed by atoms with E-state index in [0.29, 0.717) is 23.4 Å². The summed E-state index contributed by atoms with van der Waals surface area (Å²) in [5.41, 5.74) is 5.24. The van der Waals surface area contributed by atoms with Gasteiger partial charge in [-0.15, -0.1) is 0 Å². The van der Waals surface area contributed by atoms with Crippen LogP contribution in [-0.2, 0) is 6.42 Å². The quantitative estimate of drug-likeness (QED) is 0.754. The minimum atomic E-state index is -0.168. The van der Waals surface area contributed by atoms with E-state index < -0.39 is 0 Å². The summed E-state index contributed by atoms with van der Waals surface area (Å²) in [7, 11) is 0. The fourth-order valence-electron chi connectivity index (χ4n) is 3.50. The van der Waals surface area contributed by atoms with Crippen molar-refractivity contribution in [3.63, 3.8) is 0 Å². The van der Waals surface area contributed by atoms with Crippen LogP contribution in [0.15, 0.2) is 72.8 Å². The number of nitrogens with one attached hydrogen (secondary N) is 1. The van der Waals surface area contributed by atoms with Crippen molar-refractivity contribution in [1.29, 1.82) is 0 Å². The highest BCUT2D eigenvalue weighted by Crippen LogP contribution is 2.32. The minimum absolute atomic E-state index is 0.0102. The maximum atomic E-state index is 13.0. The first-order chi connectivity index (χ1) is 13.1. The number of benzene rings is 3. The molecule has 0 atom stereocenters. The molecule has 2 amide bonds. The zero-order valence-electron chi connectivity index (χ0n) is 15.1. The molecule has 1 heterocycles. The van der Waals surface area contributed by atoms with E-state index in [9.17, 15) is 9.59 Å². The molecule has 1 aliphatic heterocycles. The van der Waals surface area contributed by atoms with Crippen LogP contribution in [0.25, 0.3) is 0 Å². The Hall–Kier alpha value is -3.40. The normalized spacial score (nSPS) is 12.6. The number of anilines is 2. The smallest absolute Gasteiger partial charge is 0.258 e. The Balaban J connectivity index is 1.50. The van der Waals surface area contributed by atoms with Crippen molar-refractivity contribution in [3.8, 4) is 0 Å². The number of rotatable bonds is 3. The molecular weight excluding hydrogens is 336 g/mol. The van der Waals surface area contributed by atoms with Gasteiger partial charge in [0, 0.05) is 23.4 Å². The van der Waals surface area contributed by atoms with Crippen molar-refractivity contribution >= 4 is 23.2 Å². The third kappa shape index (κ3) is 3.34. The molecule has 0 bridgehead atoms. The molecule has 0 spiro atoms. The predicted molar refractivity (Wildman–Crippen MR) is 107 cm³/mol. The van der Waals surface area contributed by atoms with E-state index in [2.05, 4.69) is 11.4 Å². The summed E-state index contributed by atoms with van der Waals surface area (Å²) < 4.78 is 0. The van der Waals surface area contributed by atoms with E-state index in [1.807, 2.05) is 42.2 Å². The first-order valence-electron chi connectivity index (χ1n) is 9.00. The van der Waals surface area contributed by atoms with Gasteiger partial charge in [-0.2, -0.15) is 0 Å². The molecule has 27 heavy (non-hydrogen) atoms. The highest BCUT2D eigenvalue weighted by Gasteiger charge is 2.26. The van der Waals surface area contributed by atoms with Gasteiger partial charge in [0.15, 0.2) is 0 Å². The molecule has 4 heteroatoms. The molecule has 1 aliphatic rings. The lowest BCUT2D eigenvalue weighted by molar-refractivity contribution is 0.0988. The Morgan fingerprint density at radius 3 is 2.33 bits per heavy atom. The number of hydrogen-bond acceptors (Lipinski definition) is 2. The van der Waals surface area contributed by atoms with Crippen LogP contribution in [0.3, 0.4) is 0 Å². The molecule has 134 valence electrons. The van der Waals surface area contributed by atoms with Gasteiger partial charge in [0.2, 0.25) is 0 Å². The van der Waals surface area contributed by atoms with Crippen LogP contribution in [0.4, 0.5) is 11.4 Å². The molecule has 4 rings (SSSR count). The first-order valence-corrected chi connectivity index (χ1v) is 9.00. The molecule has 1 N–H and O–H groups in total. The topological polar surface area (TPSA) is 49.4 Å². The molecule has 3 aromatic carbocycles. The average Bonchev–Trinajstić information content (AvgIpc) is 3.14. The van der Waals surface area contributed by atoms with E-state index in [0.717, 1.165) is 17.7 Å². The Kier molecular flexibility index (Phi) is 4.47. The fourth-order valence-corrected chi connectivity index (χ4v) is 3.50. The van der Waals surface area contributed by atoms with Crippen molar-refractivity contribution in [2.24, 2.45) is 0 Å². The van der Waals surface area contributed by atoms with Crippen LogP contribution in [0.5, 0.6) is 0 Å². The van der Waals surface area contributed by atoms with Crippen molar-refractivity contribution in [2.45, 2.75) is 13.3 Å². The lowest BCUT2D eigenvalue weighted by atomic mass is 10.1. The number of hydrogen-bond donors (Lipinski definition) is 1. The molecule has 4 nitrogen and oxygen atoms in total. The van der Waals surface area contributed by atoms with Gasteiger partial charge in [-0.05, 0) is 60.9 Å². The molecule has 0 aromatic heterocycles. The van der Waals surface area contributed by atoms with Gasteiger partial charge in [0.1, 0.15) is 0 Å². The van der Waals surface area contributed by atoms with E-state index in [1.54, 1.807) is 36.4 Å². The minimum Gasteiger partial charge on any atom is -0.322 e. The van der Waals surface area contributed by atoms with E-state index in [-0.39, 0.29) is 11.8 Å². The number of carbonyl (C=O) groups excluding carboxylic acids is 2. The fraction of sp³-hybridized carbons (Fsp3) is 0.130. The van der Waals surface area contributed by atoms with Gasteiger partial charge in [0.25, 0.3) is 11.8 Å². The SMILES string of the molecule is Cc1cccc2c1N(C(=O)c1ccc(NC(=O)c3ccccc3)cc1)CC2. The van der Waals surface area contributed by atoms with Crippen molar-refractivity contribution in [2.75, 3.05) is 16.8 Å². The molecular formula is C23H20N2O2. The summed E-state index contributed by atoms with van der Waals surface area (Å²) in [4.78, 5) is 27.0. The van der Waals surface area contributed by atoms with Crippen molar-refractivity contribution in [3.05, 3.63) is 95.1 Å². The third-order valence-electron chi connectivity index (χ3n) is 4.87. The predicted octanol–water partition coefficient (Wildman–Crippen LogP) is 4.45. The number of aryl methyl sites for hydroxylation is 1. The van der Waals surface area contributed by atoms with Crippen LogP contribution in [0, 0.1) is 6.92 Å². The third-order valence-corrected chi connectivity index (χ3v) is 4.87. The summed E-state index contributed by atoms with van der Waals surface area (Å²) in [6.45, 7) is 2.73. The zero-order chi connectivity index (χ0) is 18.8. The van der Waals surface area contributed by atoms with Crippen LogP contribution in [0.1, 0.15) is 31.8 Å². The lowest BCUT2D eigenvalue weighted by Gasteiger charge is -2.19. The number of para-hydroxylation sites is 1. The van der Waals surface area contributed by atoms with Crippen LogP contribution in [0.2, 0.25) is 0 Å². The number of amides is 2. The van der Waals surface area contributed by atoms with Crippen LogP contribution >= 0.6 is 0 Å². The highest BCUT2D eigenvalue weighted by molar-refractivity contribution is 6.08. The second-order valence-corrected chi connectivity index (χ2v) is 6.69. The lowest BCUT2D eigenvalue weighted by Crippen LogP contribution is -2.29. The van der Waals surface area contributed by atoms with Gasteiger partial charge in [-0.3, -0.25) is 9.59 Å². The van der Waals surface area contributed by atoms with Crippen molar-refractivity contribution < 1.29 is 9.59 Å². The zero-order valence-corrected chi connectivity index (χ0v) is 15.1. The van der Waals surface area contributed by atoms with Gasteiger partial charge < -0.3 is 10.2 Å². The summed E-state index contributed by atoms with van der Waals surface area (Å²) >= 11 is 0. The first kappa shape index (κ1) is 17.0. The summed E-state index contributed by atoms with van der Waals surface area (Å²) in [6.07, 6.45) is 0.883. The molecule has 0 saturated heterocycles.